The molecule has 0 N–H and O–H groups in total. The first kappa shape index (κ1) is 13.0. The Labute approximate surface area is 95.7 Å². The van der Waals surface area contributed by atoms with E-state index in [1.165, 1.54) is 0 Å². The van der Waals surface area contributed by atoms with Gasteiger partial charge in [0.05, 0.1) is 0 Å². The van der Waals surface area contributed by atoms with Crippen LogP contribution in [0.25, 0.3) is 0 Å². The van der Waals surface area contributed by atoms with E-state index in [2.05, 4.69) is 34.9 Å². The van der Waals surface area contributed by atoms with Crippen molar-refractivity contribution in [1.29, 1.82) is 0 Å². The fourth-order valence-corrected chi connectivity index (χ4v) is 11.8. The molecule has 0 spiro atoms. The van der Waals surface area contributed by atoms with Crippen molar-refractivity contribution in [1.82, 2.24) is 0 Å². The molecule has 0 amide bonds. The zero-order valence-electron chi connectivity index (χ0n) is 10.0. The maximum absolute atomic E-state index is 11.7. The molecule has 0 unspecified atom stereocenters. The van der Waals surface area contributed by atoms with Gasteiger partial charge in [0.25, 0.3) is 0 Å². The van der Waals surface area contributed by atoms with Crippen molar-refractivity contribution in [2.24, 2.45) is 0 Å². The number of hydrogen-bond acceptors (Lipinski definition) is 3. The molecule has 0 aromatic rings. The minimum atomic E-state index is -1.96. The zero-order chi connectivity index (χ0) is 12.0. The molecular weight excluding hydrogens is 326 g/mol. The molecule has 0 saturated carbocycles. The SMILES string of the molecule is C[Se](C)(C)C1=C([Se](C)(C)C)C(=O)OC1=O. The summed E-state index contributed by atoms with van der Waals surface area (Å²) in [5, 5.41) is 0. The van der Waals surface area contributed by atoms with Crippen molar-refractivity contribution in [3.8, 4) is 0 Å². The van der Waals surface area contributed by atoms with Crippen molar-refractivity contribution in [3.05, 3.63) is 8.94 Å². The van der Waals surface area contributed by atoms with Gasteiger partial charge in [-0.05, 0) is 0 Å². The van der Waals surface area contributed by atoms with Gasteiger partial charge in [0.15, 0.2) is 0 Å². The third kappa shape index (κ3) is 2.54. The zero-order valence-corrected chi connectivity index (χ0v) is 13.5. The molecule has 0 aliphatic carbocycles. The van der Waals surface area contributed by atoms with Gasteiger partial charge in [-0.15, -0.1) is 0 Å². The molecule has 0 radical (unpaired) electrons. The first-order valence-electron chi connectivity index (χ1n) is 4.42. The number of cyclic esters (lactones) is 2. The quantitative estimate of drug-likeness (QED) is 0.438. The van der Waals surface area contributed by atoms with Gasteiger partial charge in [-0.25, -0.2) is 0 Å². The van der Waals surface area contributed by atoms with Crippen molar-refractivity contribution < 1.29 is 14.3 Å². The Morgan fingerprint density at radius 2 is 1.00 bits per heavy atom. The molecule has 3 nitrogen and oxygen atoms in total. The summed E-state index contributed by atoms with van der Waals surface area (Å²) in [5.74, 6) is 11.8. The standard InChI is InChI=1S/C10H18O3Se2/c1-14(2,3)7-8(15(4,5)6)10(12)13-9(7)11/h1-6H3. The summed E-state index contributed by atoms with van der Waals surface area (Å²) in [6, 6.07) is 0. The van der Waals surface area contributed by atoms with E-state index in [-0.39, 0.29) is 11.9 Å². The van der Waals surface area contributed by atoms with Crippen LogP contribution in [0, 0.1) is 0 Å². The summed E-state index contributed by atoms with van der Waals surface area (Å²) in [7, 11) is 0. The van der Waals surface area contributed by atoms with Gasteiger partial charge in [-0.3, -0.25) is 0 Å². The molecule has 1 heterocycles. The number of esters is 2. The van der Waals surface area contributed by atoms with E-state index >= 15 is 0 Å². The summed E-state index contributed by atoms with van der Waals surface area (Å²) in [6.45, 7) is 0. The molecule has 0 atom stereocenters. The number of rotatable bonds is 2. The molecule has 1 aliphatic rings. The van der Waals surface area contributed by atoms with E-state index in [0.29, 0.717) is 0 Å². The van der Waals surface area contributed by atoms with Gasteiger partial charge < -0.3 is 0 Å². The first-order chi connectivity index (χ1) is 6.55. The van der Waals surface area contributed by atoms with Crippen LogP contribution in [0.15, 0.2) is 8.94 Å². The predicted molar refractivity (Wildman–Crippen MR) is 64.8 cm³/mol. The van der Waals surface area contributed by atoms with Crippen molar-refractivity contribution in [3.63, 3.8) is 0 Å². The number of carbonyl (C=O) groups is 2. The molecule has 5 heteroatoms. The normalized spacial score (nSPS) is 20.7. The molecule has 0 bridgehead atoms. The Kier molecular flexibility index (Phi) is 3.24. The fourth-order valence-electron chi connectivity index (χ4n) is 1.42. The molecule has 0 aromatic heterocycles. The van der Waals surface area contributed by atoms with E-state index in [0.717, 1.165) is 8.94 Å². The van der Waals surface area contributed by atoms with E-state index in [9.17, 15) is 9.59 Å². The minimum absolute atomic E-state index is 0.380. The molecule has 1 rings (SSSR count). The van der Waals surface area contributed by atoms with E-state index < -0.39 is 25.7 Å². The Morgan fingerprint density at radius 3 is 1.20 bits per heavy atom. The van der Waals surface area contributed by atoms with E-state index in [1.54, 1.807) is 0 Å². The van der Waals surface area contributed by atoms with Gasteiger partial charge in [-0.2, -0.15) is 0 Å². The summed E-state index contributed by atoms with van der Waals surface area (Å²) < 4.78 is 6.24. The second-order valence-electron chi connectivity index (χ2n) is 5.01. The Balaban J connectivity index is 3.42. The first-order valence-corrected chi connectivity index (χ1v) is 16.4. The van der Waals surface area contributed by atoms with Crippen LogP contribution in [0.5, 0.6) is 0 Å². The summed E-state index contributed by atoms with van der Waals surface area (Å²) in [5.41, 5.74) is 0. The average Bonchev–Trinajstić information content (AvgIpc) is 2.22. The van der Waals surface area contributed by atoms with Crippen molar-refractivity contribution in [2.75, 3.05) is 0 Å². The van der Waals surface area contributed by atoms with E-state index in [1.807, 2.05) is 0 Å². The Morgan fingerprint density at radius 1 is 0.733 bits per heavy atom. The van der Waals surface area contributed by atoms with Gasteiger partial charge in [0, 0.05) is 0 Å². The molecule has 0 fully saturated rings. The Bertz CT molecular complexity index is 322. The third-order valence-corrected chi connectivity index (χ3v) is 9.34. The van der Waals surface area contributed by atoms with Crippen LogP contribution in [0.3, 0.4) is 0 Å². The Hall–Kier alpha value is -0.0810. The topological polar surface area (TPSA) is 43.4 Å². The van der Waals surface area contributed by atoms with Crippen LogP contribution in [0.2, 0.25) is 34.9 Å². The van der Waals surface area contributed by atoms with Gasteiger partial charge >= 0.3 is 95.8 Å². The van der Waals surface area contributed by atoms with Crippen LogP contribution in [0.1, 0.15) is 0 Å². The van der Waals surface area contributed by atoms with Crippen LogP contribution < -0.4 is 0 Å². The van der Waals surface area contributed by atoms with E-state index in [4.69, 9.17) is 4.74 Å². The van der Waals surface area contributed by atoms with Crippen LogP contribution in [-0.2, 0) is 14.3 Å². The van der Waals surface area contributed by atoms with Crippen LogP contribution in [-0.4, -0.2) is 37.6 Å². The predicted octanol–water partition coefficient (Wildman–Crippen LogP) is 2.12. The van der Waals surface area contributed by atoms with Gasteiger partial charge in [0.2, 0.25) is 0 Å². The summed E-state index contributed by atoms with van der Waals surface area (Å²) in [4.78, 5) is 23.3. The molecule has 15 heavy (non-hydrogen) atoms. The van der Waals surface area contributed by atoms with Crippen LogP contribution in [0.4, 0.5) is 0 Å². The number of ether oxygens (including phenoxy) is 1. The molecule has 1 aliphatic heterocycles. The number of hydrogen-bond donors (Lipinski definition) is 0. The van der Waals surface area contributed by atoms with Gasteiger partial charge in [-0.1, -0.05) is 0 Å². The summed E-state index contributed by atoms with van der Waals surface area (Å²) in [6.07, 6.45) is 0. The van der Waals surface area contributed by atoms with Crippen molar-refractivity contribution >= 4 is 37.6 Å². The average molecular weight is 344 g/mol. The second-order valence-corrected chi connectivity index (χ2v) is 22.1. The van der Waals surface area contributed by atoms with Crippen molar-refractivity contribution in [2.45, 2.75) is 34.9 Å². The van der Waals surface area contributed by atoms with Gasteiger partial charge in [0.1, 0.15) is 0 Å². The molecule has 0 saturated heterocycles. The fraction of sp³-hybridized carbons (Fsp3) is 0.600. The summed E-state index contributed by atoms with van der Waals surface area (Å²) >= 11 is -3.92. The monoisotopic (exact) mass is 346 g/mol. The van der Waals surface area contributed by atoms with Crippen LogP contribution >= 0.6 is 0 Å². The number of carbonyl (C=O) groups excluding carboxylic acids is 2. The second kappa shape index (κ2) is 3.74. The third-order valence-electron chi connectivity index (χ3n) is 1.99. The maximum atomic E-state index is 11.7. The molecular formula is C10H18O3Se2. The molecule has 88 valence electrons. The molecule has 0 aromatic carbocycles.